The van der Waals surface area contributed by atoms with Gasteiger partial charge in [0.25, 0.3) is 0 Å². The average Bonchev–Trinajstić information content (AvgIpc) is 2.88. The lowest BCUT2D eigenvalue weighted by molar-refractivity contribution is 1.25. The van der Waals surface area contributed by atoms with E-state index in [0.717, 1.165) is 16.7 Å². The summed E-state index contributed by atoms with van der Waals surface area (Å²) in [6.45, 7) is 1.97. The number of aryl methyl sites for hydroxylation is 1. The van der Waals surface area contributed by atoms with E-state index in [-0.39, 0.29) is 0 Å². The van der Waals surface area contributed by atoms with Gasteiger partial charge in [0.2, 0.25) is 0 Å². The van der Waals surface area contributed by atoms with Crippen molar-refractivity contribution in [1.29, 1.82) is 0 Å². The lowest BCUT2D eigenvalue weighted by atomic mass is 10.3. The van der Waals surface area contributed by atoms with Crippen molar-refractivity contribution in [3.05, 3.63) is 48.8 Å². The minimum atomic E-state index is 1.03. The highest BCUT2D eigenvalue weighted by Crippen LogP contribution is 2.05. The van der Waals surface area contributed by atoms with Gasteiger partial charge in [-0.3, -0.25) is 0 Å². The van der Waals surface area contributed by atoms with Gasteiger partial charge in [0.05, 0.1) is 23.7 Å². The van der Waals surface area contributed by atoms with Crippen molar-refractivity contribution in [3.63, 3.8) is 0 Å². The molecule has 3 rings (SSSR count). The maximum absolute atomic E-state index is 4.06. The zero-order chi connectivity index (χ0) is 10.5. The van der Waals surface area contributed by atoms with Crippen molar-refractivity contribution < 1.29 is 0 Å². The minimum absolute atomic E-state index is 1.03. The summed E-state index contributed by atoms with van der Waals surface area (Å²) in [7, 11) is 0. The maximum Gasteiger partial charge on any atom is 0.0931 e. The average molecular weight is 200 g/mol. The molecular formula is C11H12N4. The number of nitrogens with one attached hydrogen (secondary N) is 2. The zero-order valence-electron chi connectivity index (χ0n) is 8.44. The van der Waals surface area contributed by atoms with Gasteiger partial charge in [0.1, 0.15) is 0 Å². The number of H-pyrrole nitrogens is 2. The molecular weight excluding hydrogens is 188 g/mol. The number of hydrogen-bond acceptors (Lipinski definition) is 2. The normalized spacial score (nSPS) is 9.67. The Balaban J connectivity index is 0.000000124. The van der Waals surface area contributed by atoms with Crippen LogP contribution in [0.15, 0.2) is 43.1 Å². The summed E-state index contributed by atoms with van der Waals surface area (Å²) in [5.74, 6) is 0. The van der Waals surface area contributed by atoms with Gasteiger partial charge in [0, 0.05) is 11.9 Å². The highest BCUT2D eigenvalue weighted by Gasteiger charge is 1.88. The van der Waals surface area contributed by atoms with Crippen LogP contribution in [0.2, 0.25) is 0 Å². The molecule has 4 heteroatoms. The fraction of sp³-hybridized carbons (Fsp3) is 0.0909. The number of nitrogens with zero attached hydrogens (tertiary/aromatic N) is 2. The SMILES string of the molecule is Cc1cnc[nH]1.c1ccc2[nH]cnc2c1. The molecule has 76 valence electrons. The fourth-order valence-electron chi connectivity index (χ4n) is 1.21. The summed E-state index contributed by atoms with van der Waals surface area (Å²) in [5.41, 5.74) is 3.23. The quantitative estimate of drug-likeness (QED) is 0.585. The van der Waals surface area contributed by atoms with Crippen molar-refractivity contribution in [2.24, 2.45) is 0 Å². The van der Waals surface area contributed by atoms with Crippen molar-refractivity contribution >= 4 is 11.0 Å². The molecule has 0 spiro atoms. The molecule has 0 radical (unpaired) electrons. The summed E-state index contributed by atoms with van der Waals surface area (Å²) in [4.78, 5) is 13.7. The van der Waals surface area contributed by atoms with Crippen LogP contribution in [0.3, 0.4) is 0 Å². The molecule has 15 heavy (non-hydrogen) atoms. The van der Waals surface area contributed by atoms with Gasteiger partial charge in [0.15, 0.2) is 0 Å². The Hall–Kier alpha value is -2.10. The van der Waals surface area contributed by atoms with E-state index in [0.29, 0.717) is 0 Å². The topological polar surface area (TPSA) is 57.4 Å². The first kappa shape index (κ1) is 9.45. The van der Waals surface area contributed by atoms with Crippen LogP contribution < -0.4 is 0 Å². The summed E-state index contributed by atoms with van der Waals surface area (Å²) in [5, 5.41) is 0. The highest BCUT2D eigenvalue weighted by molar-refractivity contribution is 5.73. The predicted molar refractivity (Wildman–Crippen MR) is 59.4 cm³/mol. The number of benzene rings is 1. The molecule has 0 saturated carbocycles. The first-order chi connectivity index (χ1) is 7.36. The first-order valence-corrected chi connectivity index (χ1v) is 4.69. The van der Waals surface area contributed by atoms with Gasteiger partial charge < -0.3 is 9.97 Å². The Bertz CT molecular complexity index is 480. The Morgan fingerprint density at radius 1 is 1.07 bits per heavy atom. The van der Waals surface area contributed by atoms with E-state index in [2.05, 4.69) is 19.9 Å². The zero-order valence-corrected chi connectivity index (χ0v) is 8.44. The van der Waals surface area contributed by atoms with E-state index >= 15 is 0 Å². The van der Waals surface area contributed by atoms with Gasteiger partial charge >= 0.3 is 0 Å². The minimum Gasteiger partial charge on any atom is -0.349 e. The van der Waals surface area contributed by atoms with Crippen molar-refractivity contribution in [3.8, 4) is 0 Å². The lowest BCUT2D eigenvalue weighted by Gasteiger charge is -1.81. The van der Waals surface area contributed by atoms with Crippen molar-refractivity contribution in [2.45, 2.75) is 6.92 Å². The second kappa shape index (κ2) is 4.41. The maximum atomic E-state index is 4.06. The Morgan fingerprint density at radius 3 is 2.53 bits per heavy atom. The van der Waals surface area contributed by atoms with Crippen molar-refractivity contribution in [2.75, 3.05) is 0 Å². The van der Waals surface area contributed by atoms with Crippen LogP contribution in [0.1, 0.15) is 5.69 Å². The van der Waals surface area contributed by atoms with Crippen LogP contribution in [0.4, 0.5) is 0 Å². The van der Waals surface area contributed by atoms with Gasteiger partial charge in [-0.15, -0.1) is 0 Å². The van der Waals surface area contributed by atoms with Gasteiger partial charge in [-0.05, 0) is 19.1 Å². The number of rotatable bonds is 0. The summed E-state index contributed by atoms with van der Waals surface area (Å²) >= 11 is 0. The highest BCUT2D eigenvalue weighted by atomic mass is 14.9. The van der Waals surface area contributed by atoms with Crippen LogP contribution in [-0.4, -0.2) is 19.9 Å². The van der Waals surface area contributed by atoms with Crippen LogP contribution in [-0.2, 0) is 0 Å². The number of hydrogen-bond donors (Lipinski definition) is 2. The molecule has 0 unspecified atom stereocenters. The Morgan fingerprint density at radius 2 is 1.93 bits per heavy atom. The Labute approximate surface area is 87.4 Å². The van der Waals surface area contributed by atoms with Crippen LogP contribution in [0.25, 0.3) is 11.0 Å². The molecule has 0 fully saturated rings. The number of imidazole rings is 2. The molecule has 0 aliphatic heterocycles. The fourth-order valence-corrected chi connectivity index (χ4v) is 1.21. The van der Waals surface area contributed by atoms with Gasteiger partial charge in [-0.2, -0.15) is 0 Å². The monoisotopic (exact) mass is 200 g/mol. The molecule has 0 amide bonds. The molecule has 2 aromatic heterocycles. The van der Waals surface area contributed by atoms with Crippen LogP contribution in [0, 0.1) is 6.92 Å². The molecule has 0 atom stereocenters. The second-order valence-corrected chi connectivity index (χ2v) is 3.15. The Kier molecular flexibility index (Phi) is 2.78. The van der Waals surface area contributed by atoms with E-state index in [9.17, 15) is 0 Å². The second-order valence-electron chi connectivity index (χ2n) is 3.15. The molecule has 2 heterocycles. The first-order valence-electron chi connectivity index (χ1n) is 4.69. The molecule has 4 nitrogen and oxygen atoms in total. The smallest absolute Gasteiger partial charge is 0.0931 e. The van der Waals surface area contributed by atoms with E-state index in [1.165, 1.54) is 0 Å². The third-order valence-electron chi connectivity index (χ3n) is 1.96. The third kappa shape index (κ3) is 2.43. The summed E-state index contributed by atoms with van der Waals surface area (Å²) in [6, 6.07) is 7.94. The molecule has 0 aliphatic carbocycles. The number of para-hydroxylation sites is 2. The lowest BCUT2D eigenvalue weighted by Crippen LogP contribution is -1.63. The molecule has 1 aromatic carbocycles. The predicted octanol–water partition coefficient (Wildman–Crippen LogP) is 2.28. The standard InChI is InChI=1S/C7H6N2.C4H6N2/c1-2-4-7-6(3-1)8-5-9-7;1-4-2-5-3-6-4/h1-5H,(H,8,9);2-3H,1H3,(H,5,6). The van der Waals surface area contributed by atoms with Crippen LogP contribution >= 0.6 is 0 Å². The van der Waals surface area contributed by atoms with E-state index in [4.69, 9.17) is 0 Å². The van der Waals surface area contributed by atoms with E-state index in [1.54, 1.807) is 18.9 Å². The molecule has 0 bridgehead atoms. The number of aromatic amines is 2. The molecule has 2 N–H and O–H groups in total. The molecule has 3 aromatic rings. The third-order valence-corrected chi connectivity index (χ3v) is 1.96. The van der Waals surface area contributed by atoms with Crippen molar-refractivity contribution in [1.82, 2.24) is 19.9 Å². The molecule has 0 saturated heterocycles. The summed E-state index contributed by atoms with van der Waals surface area (Å²) < 4.78 is 0. The largest absolute Gasteiger partial charge is 0.349 e. The molecule has 0 aliphatic rings. The van der Waals surface area contributed by atoms with Gasteiger partial charge in [-0.1, -0.05) is 12.1 Å². The number of aromatic nitrogens is 4. The number of fused-ring (bicyclic) bond motifs is 1. The van der Waals surface area contributed by atoms with Crippen LogP contribution in [0.5, 0.6) is 0 Å². The van der Waals surface area contributed by atoms with E-state index < -0.39 is 0 Å². The van der Waals surface area contributed by atoms with Gasteiger partial charge in [-0.25, -0.2) is 9.97 Å². The summed E-state index contributed by atoms with van der Waals surface area (Å²) in [6.07, 6.45) is 5.14. The van der Waals surface area contributed by atoms with E-state index in [1.807, 2.05) is 31.2 Å².